The summed E-state index contributed by atoms with van der Waals surface area (Å²) in [4.78, 5) is 36.7. The van der Waals surface area contributed by atoms with Gasteiger partial charge in [-0.3, -0.25) is 20.3 Å². The zero-order chi connectivity index (χ0) is 21.2. The van der Waals surface area contributed by atoms with Gasteiger partial charge < -0.3 is 19.7 Å². The lowest BCUT2D eigenvalue weighted by Gasteiger charge is -2.33. The van der Waals surface area contributed by atoms with Crippen molar-refractivity contribution < 1.29 is 23.9 Å². The molecule has 9 heteroatoms. The number of nitrogens with one attached hydrogen (secondary N) is 3. The van der Waals surface area contributed by atoms with Crippen molar-refractivity contribution in [3.05, 3.63) is 29.8 Å². The van der Waals surface area contributed by atoms with Crippen LogP contribution in [-0.2, 0) is 19.1 Å². The smallest absolute Gasteiger partial charge is 0.412 e. The van der Waals surface area contributed by atoms with Crippen molar-refractivity contribution in [2.75, 3.05) is 38.8 Å². The summed E-state index contributed by atoms with van der Waals surface area (Å²) >= 11 is 0. The minimum Gasteiger partial charge on any atom is -0.469 e. The predicted octanol–water partition coefficient (Wildman–Crippen LogP) is 1.65. The van der Waals surface area contributed by atoms with Gasteiger partial charge in [-0.25, -0.2) is 4.79 Å². The Labute approximate surface area is 170 Å². The van der Waals surface area contributed by atoms with E-state index in [-0.39, 0.29) is 23.6 Å². The summed E-state index contributed by atoms with van der Waals surface area (Å²) < 4.78 is 9.06. The second-order valence-electron chi connectivity index (χ2n) is 6.77. The van der Waals surface area contributed by atoms with E-state index in [1.165, 1.54) is 14.2 Å². The normalized spacial score (nSPS) is 14.1. The minimum absolute atomic E-state index is 0.0222. The van der Waals surface area contributed by atoms with E-state index in [1.807, 2.05) is 12.1 Å². The summed E-state index contributed by atoms with van der Waals surface area (Å²) in [5, 5.41) is 13.1. The van der Waals surface area contributed by atoms with E-state index in [2.05, 4.69) is 25.0 Å². The Hall–Kier alpha value is -3.10. The number of hydrogen-bond donors (Lipinski definition) is 3. The molecule has 1 aliphatic rings. The third kappa shape index (κ3) is 6.78. The molecule has 1 aromatic carbocycles. The maximum atomic E-state index is 12.3. The molecule has 0 bridgehead atoms. The Balaban J connectivity index is 1.77. The average Bonchev–Trinajstić information content (AvgIpc) is 2.76. The Bertz CT molecular complexity index is 727. The van der Waals surface area contributed by atoms with Crippen LogP contribution in [0.25, 0.3) is 0 Å². The van der Waals surface area contributed by atoms with Crippen molar-refractivity contribution in [3.8, 4) is 0 Å². The van der Waals surface area contributed by atoms with Crippen LogP contribution in [-0.4, -0.2) is 57.7 Å². The van der Waals surface area contributed by atoms with Gasteiger partial charge in [-0.15, -0.1) is 0 Å². The summed E-state index contributed by atoms with van der Waals surface area (Å²) in [6.45, 7) is 2.00. The summed E-state index contributed by atoms with van der Waals surface area (Å²) in [5.74, 6) is -0.283. The van der Waals surface area contributed by atoms with Crippen molar-refractivity contribution in [3.63, 3.8) is 0 Å². The number of alkyl carbamates (subject to hydrolysis) is 1. The van der Waals surface area contributed by atoms with E-state index in [0.717, 1.165) is 31.6 Å². The summed E-state index contributed by atoms with van der Waals surface area (Å²) in [6, 6.07) is 7.34. The molecule has 1 aliphatic heterocycles. The molecule has 29 heavy (non-hydrogen) atoms. The summed E-state index contributed by atoms with van der Waals surface area (Å²) in [5.41, 5.74) is 1.59. The molecule has 0 aliphatic carbocycles. The predicted molar refractivity (Wildman–Crippen MR) is 108 cm³/mol. The van der Waals surface area contributed by atoms with Crippen LogP contribution in [0.1, 0.15) is 31.2 Å². The topological polar surface area (TPSA) is 121 Å². The molecule has 0 unspecified atom stereocenters. The molecule has 158 valence electrons. The van der Waals surface area contributed by atoms with E-state index < -0.39 is 6.09 Å². The SMILES string of the molecule is COC(=O)CCCNC(=O)C1CCN(c2ccc(C(=N)NC(=O)OC)cc2)CC1. The molecule has 9 nitrogen and oxygen atoms in total. The lowest BCUT2D eigenvalue weighted by molar-refractivity contribution is -0.140. The Morgan fingerprint density at radius 2 is 1.76 bits per heavy atom. The van der Waals surface area contributed by atoms with Crippen LogP contribution in [0.5, 0.6) is 0 Å². The molecule has 2 amide bonds. The number of ether oxygens (including phenoxy) is 2. The highest BCUT2D eigenvalue weighted by atomic mass is 16.5. The molecule has 1 heterocycles. The third-order valence-corrected chi connectivity index (χ3v) is 4.88. The molecule has 1 aromatic rings. The van der Waals surface area contributed by atoms with Crippen LogP contribution < -0.4 is 15.5 Å². The van der Waals surface area contributed by atoms with E-state index >= 15 is 0 Å². The number of rotatable bonds is 7. The number of benzene rings is 1. The van der Waals surface area contributed by atoms with Gasteiger partial charge in [-0.05, 0) is 43.5 Å². The van der Waals surface area contributed by atoms with E-state index in [9.17, 15) is 14.4 Å². The molecule has 1 fully saturated rings. The first kappa shape index (κ1) is 22.2. The number of amides is 2. The van der Waals surface area contributed by atoms with Crippen LogP contribution in [0.4, 0.5) is 10.5 Å². The molecule has 0 radical (unpaired) electrons. The van der Waals surface area contributed by atoms with Crippen LogP contribution >= 0.6 is 0 Å². The highest BCUT2D eigenvalue weighted by molar-refractivity contribution is 6.04. The molecule has 1 saturated heterocycles. The fraction of sp³-hybridized carbons (Fsp3) is 0.500. The van der Waals surface area contributed by atoms with Gasteiger partial charge in [0.15, 0.2) is 0 Å². The number of anilines is 1. The monoisotopic (exact) mass is 404 g/mol. The molecule has 0 spiro atoms. The first-order chi connectivity index (χ1) is 13.9. The number of carbonyl (C=O) groups is 3. The lowest BCUT2D eigenvalue weighted by Crippen LogP contribution is -2.40. The number of methoxy groups -OCH3 is 2. The number of nitrogens with zero attached hydrogens (tertiary/aromatic N) is 1. The highest BCUT2D eigenvalue weighted by Crippen LogP contribution is 2.24. The summed E-state index contributed by atoms with van der Waals surface area (Å²) in [6.07, 6.45) is 1.71. The van der Waals surface area contributed by atoms with Crippen LogP contribution in [0.15, 0.2) is 24.3 Å². The number of piperidine rings is 1. The molecular weight excluding hydrogens is 376 g/mol. The first-order valence-electron chi connectivity index (χ1n) is 9.58. The minimum atomic E-state index is -0.676. The van der Waals surface area contributed by atoms with Crippen molar-refractivity contribution in [1.29, 1.82) is 5.41 Å². The highest BCUT2D eigenvalue weighted by Gasteiger charge is 2.25. The van der Waals surface area contributed by atoms with E-state index in [1.54, 1.807) is 12.1 Å². The van der Waals surface area contributed by atoms with E-state index in [4.69, 9.17) is 5.41 Å². The number of carbonyl (C=O) groups excluding carboxylic acids is 3. The number of hydrogen-bond acceptors (Lipinski definition) is 7. The van der Waals surface area contributed by atoms with Gasteiger partial charge in [0, 0.05) is 43.2 Å². The van der Waals surface area contributed by atoms with Gasteiger partial charge in [0.05, 0.1) is 14.2 Å². The molecule has 3 N–H and O–H groups in total. The quantitative estimate of drug-likeness (QED) is 0.275. The lowest BCUT2D eigenvalue weighted by atomic mass is 9.95. The van der Waals surface area contributed by atoms with Crippen molar-refractivity contribution in [2.45, 2.75) is 25.7 Å². The average molecular weight is 404 g/mol. The van der Waals surface area contributed by atoms with Crippen molar-refractivity contribution in [1.82, 2.24) is 10.6 Å². The van der Waals surface area contributed by atoms with Crippen LogP contribution in [0.3, 0.4) is 0 Å². The number of esters is 1. The van der Waals surface area contributed by atoms with Gasteiger partial charge >= 0.3 is 12.1 Å². The Morgan fingerprint density at radius 3 is 2.34 bits per heavy atom. The fourth-order valence-corrected chi connectivity index (χ4v) is 3.15. The van der Waals surface area contributed by atoms with Gasteiger partial charge in [-0.1, -0.05) is 0 Å². The maximum Gasteiger partial charge on any atom is 0.412 e. The molecule has 2 rings (SSSR count). The standard InChI is InChI=1S/C20H28N4O5/c1-28-17(25)4-3-11-22-19(26)15-9-12-24(13-10-15)16-7-5-14(6-8-16)18(21)23-20(27)29-2/h5-8,15H,3-4,9-13H2,1-2H3,(H,22,26)(H2,21,23,27). The largest absolute Gasteiger partial charge is 0.469 e. The molecule has 0 atom stereocenters. The molecule has 0 aromatic heterocycles. The second-order valence-corrected chi connectivity index (χ2v) is 6.77. The van der Waals surface area contributed by atoms with Crippen LogP contribution in [0, 0.1) is 11.3 Å². The molecular formula is C20H28N4O5. The zero-order valence-electron chi connectivity index (χ0n) is 16.8. The maximum absolute atomic E-state index is 12.3. The first-order valence-corrected chi connectivity index (χ1v) is 9.58. The Kier molecular flexibility index (Phi) is 8.45. The van der Waals surface area contributed by atoms with Crippen molar-refractivity contribution >= 4 is 29.5 Å². The Morgan fingerprint density at radius 1 is 1.10 bits per heavy atom. The van der Waals surface area contributed by atoms with Crippen molar-refractivity contribution in [2.24, 2.45) is 5.92 Å². The van der Waals surface area contributed by atoms with Gasteiger partial charge in [-0.2, -0.15) is 0 Å². The second kappa shape index (κ2) is 11.0. The third-order valence-electron chi connectivity index (χ3n) is 4.88. The van der Waals surface area contributed by atoms with Gasteiger partial charge in [0.25, 0.3) is 0 Å². The summed E-state index contributed by atoms with van der Waals surface area (Å²) in [7, 11) is 2.60. The van der Waals surface area contributed by atoms with Crippen LogP contribution in [0.2, 0.25) is 0 Å². The fourth-order valence-electron chi connectivity index (χ4n) is 3.15. The number of amidine groups is 1. The van der Waals surface area contributed by atoms with E-state index in [0.29, 0.717) is 24.9 Å². The van der Waals surface area contributed by atoms with Gasteiger partial charge in [0.1, 0.15) is 5.84 Å². The molecule has 0 saturated carbocycles. The van der Waals surface area contributed by atoms with Gasteiger partial charge in [0.2, 0.25) is 5.91 Å². The zero-order valence-corrected chi connectivity index (χ0v) is 16.8.